The molecule has 6 aliphatic heterocycles. The van der Waals surface area contributed by atoms with Gasteiger partial charge in [-0.05, 0) is 114 Å². The van der Waals surface area contributed by atoms with Crippen LogP contribution in [-0.2, 0) is 83.2 Å². The Morgan fingerprint density at radius 1 is 0.562 bits per heavy atom. The van der Waals surface area contributed by atoms with E-state index in [9.17, 15) is 58.2 Å². The van der Waals surface area contributed by atoms with Crippen molar-refractivity contribution >= 4 is 92.6 Å². The smallest absolute Gasteiger partial charge is 0.326 e. The van der Waals surface area contributed by atoms with Gasteiger partial charge in [0.1, 0.15) is 60.7 Å². The lowest BCUT2D eigenvalue weighted by molar-refractivity contribution is -0.145. The van der Waals surface area contributed by atoms with Crippen LogP contribution < -0.4 is 58.3 Å². The Bertz CT molecular complexity index is 4240. The minimum absolute atomic E-state index is 0.0160. The van der Waals surface area contributed by atoms with Gasteiger partial charge >= 0.3 is 11.9 Å². The molecule has 6 aromatic carbocycles. The fraction of sp³-hybridized carbons (Fsp3) is 0.403. The highest BCUT2D eigenvalue weighted by Crippen LogP contribution is 2.29. The Balaban J connectivity index is 1.05. The molecule has 2 saturated heterocycles. The summed E-state index contributed by atoms with van der Waals surface area (Å²) in [6, 6.07) is 24.0. The number of likely N-dealkylation sites (N-methyl/N-ethyl adjacent to an activating group) is 2. The van der Waals surface area contributed by atoms with Gasteiger partial charge in [0.25, 0.3) is 5.91 Å². The number of nitrogens with zero attached hydrogens (tertiary/aromatic N) is 2. The number of carboxylic acid groups (broad SMARTS) is 2. The summed E-state index contributed by atoms with van der Waals surface area (Å²) >= 11 is 0. The molecule has 0 radical (unpaired) electrons. The van der Waals surface area contributed by atoms with Crippen molar-refractivity contribution in [2.75, 3.05) is 40.4 Å². The summed E-state index contributed by atoms with van der Waals surface area (Å²) in [7, 11) is 3.10. The summed E-state index contributed by atoms with van der Waals surface area (Å²) in [6.45, 7) is 7.83. The van der Waals surface area contributed by atoms with E-state index in [1.807, 2.05) is 72.8 Å². The molecule has 0 aromatic heterocycles. The Labute approximate surface area is 607 Å². The molecule has 556 valence electrons. The number of nitrogens with two attached hydrogens (primary N) is 1. The van der Waals surface area contributed by atoms with Crippen molar-refractivity contribution in [3.05, 3.63) is 173 Å². The molecule has 12 rings (SSSR count). The van der Waals surface area contributed by atoms with Crippen LogP contribution in [-0.4, -0.2) is 204 Å². The number of amides is 10. The average Bonchev–Trinajstić information content (AvgIpc) is 1.69. The van der Waals surface area contributed by atoms with Gasteiger partial charge in [-0.15, -0.1) is 0 Å². The number of rotatable bonds is 16. The van der Waals surface area contributed by atoms with Crippen molar-refractivity contribution in [2.45, 2.75) is 152 Å². The van der Waals surface area contributed by atoms with Gasteiger partial charge in [-0.2, -0.15) is 0 Å². The van der Waals surface area contributed by atoms with Crippen LogP contribution in [0.1, 0.15) is 86.5 Å². The minimum atomic E-state index is -1.63. The van der Waals surface area contributed by atoms with E-state index in [4.69, 9.17) is 15.2 Å². The second-order valence-corrected chi connectivity index (χ2v) is 27.9. The van der Waals surface area contributed by atoms with E-state index in [1.165, 1.54) is 43.1 Å². The first-order valence-corrected chi connectivity index (χ1v) is 34.9. The molecule has 28 heteroatoms. The standard InChI is InChI=1S/C77H92N12O16/c1-43(79-6)66(91)84-59(40-64(78)90)73(98)89-42-56-39-63(89)72(97)83-58(37-48-21-25-50-15-9-11-17-53(50)33-48)70(95)85-60(75(100)101)34-45-18-26-51(27-19-45)68(93)81-54-38-62(88(41-54)74(99)65(77(3,4)5)87-67(92)44(2)80-7)71(96)82-57(36-47-20-24-49-14-8-10-16-52(49)32-47)69(94)86-61(76(102)103)35-46-22-28-55(29-23-46)104-30-12-13-31-105-56/h8-29,32-33,43-44,54,56-63,65,79-80H,30-31,34-42H2,1-7H3,(H2,78,90)(H,81,93)(H,82,96)(H,83,97)(H,84,91)(H,85,95)(H,86,94)(H,87,92)(H,100,101)(H,102,103)/b13-12+/t43-,44-,54-,56-,57-,58-,59-,60-,61-,62-,63-,65+/m0/s1. The number of ether oxygens (including phenoxy) is 2. The molecular formula is C77H92N12O16. The van der Waals surface area contributed by atoms with Crippen molar-refractivity contribution in [3.8, 4) is 5.75 Å². The number of likely N-dealkylation sites (tertiary alicyclic amines) is 2. The zero-order chi connectivity index (χ0) is 75.8. The summed E-state index contributed by atoms with van der Waals surface area (Å²) < 4.78 is 12.2. The molecule has 6 heterocycles. The van der Waals surface area contributed by atoms with E-state index < -0.39 is 155 Å². The normalized spacial score (nSPS) is 22.5. The van der Waals surface area contributed by atoms with Gasteiger partial charge in [-0.25, -0.2) is 9.59 Å². The van der Waals surface area contributed by atoms with Crippen LogP contribution in [0.25, 0.3) is 21.5 Å². The Hall–Kier alpha value is -11.1. The predicted molar refractivity (Wildman–Crippen MR) is 389 cm³/mol. The first-order valence-electron chi connectivity index (χ1n) is 34.9. The number of carboxylic acids is 2. The van der Waals surface area contributed by atoms with Crippen LogP contribution in [0.4, 0.5) is 0 Å². The molecule has 0 saturated carbocycles. The van der Waals surface area contributed by atoms with Crippen LogP contribution in [0.15, 0.2) is 146 Å². The van der Waals surface area contributed by atoms with E-state index in [1.54, 1.807) is 83.3 Å². The number of carbonyl (C=O) groups is 12. The zero-order valence-electron chi connectivity index (χ0n) is 59.6. The molecule has 105 heavy (non-hydrogen) atoms. The molecule has 2 fully saturated rings. The number of fused-ring (bicyclic) bond motifs is 2. The number of aliphatic carboxylic acids is 2. The molecule has 10 amide bonds. The fourth-order valence-electron chi connectivity index (χ4n) is 12.9. The van der Waals surface area contributed by atoms with Gasteiger partial charge in [0.05, 0.1) is 31.2 Å². The molecule has 0 spiro atoms. The van der Waals surface area contributed by atoms with Crippen molar-refractivity contribution in [3.63, 3.8) is 0 Å². The predicted octanol–water partition coefficient (Wildman–Crippen LogP) is 2.11. The van der Waals surface area contributed by atoms with Crippen molar-refractivity contribution < 1.29 is 77.2 Å². The lowest BCUT2D eigenvalue weighted by atomic mass is 9.85. The van der Waals surface area contributed by atoms with Crippen LogP contribution in [0.5, 0.6) is 5.75 Å². The number of primary amides is 1. The summed E-state index contributed by atoms with van der Waals surface area (Å²) in [5.41, 5.74) is 6.77. The molecule has 28 nitrogen and oxygen atoms in total. The number of hydrogen-bond donors (Lipinski definition) is 12. The first kappa shape index (κ1) is 78.0. The third kappa shape index (κ3) is 20.8. The summed E-state index contributed by atoms with van der Waals surface area (Å²) in [5.74, 6) is -10.1. The molecule has 6 aromatic rings. The monoisotopic (exact) mass is 1440 g/mol. The summed E-state index contributed by atoms with van der Waals surface area (Å²) in [5, 5.41) is 49.6. The maximum Gasteiger partial charge on any atom is 0.326 e. The van der Waals surface area contributed by atoms with Crippen LogP contribution in [0.2, 0.25) is 0 Å². The van der Waals surface area contributed by atoms with E-state index in [0.29, 0.717) is 28.0 Å². The highest BCUT2D eigenvalue weighted by atomic mass is 16.5. The third-order valence-electron chi connectivity index (χ3n) is 19.1. The Kier molecular flexibility index (Phi) is 26.3. The maximum atomic E-state index is 15.2. The van der Waals surface area contributed by atoms with Gasteiger partial charge in [0, 0.05) is 56.8 Å². The van der Waals surface area contributed by atoms with Crippen LogP contribution >= 0.6 is 0 Å². The van der Waals surface area contributed by atoms with E-state index in [-0.39, 0.29) is 70.4 Å². The lowest BCUT2D eigenvalue weighted by Gasteiger charge is -2.36. The Morgan fingerprint density at radius 3 is 1.53 bits per heavy atom. The SMILES string of the molecule is CN[C@@H](C)C(=O)N[C@@H](CC(N)=O)C(=O)N1C[C@@H]2C[C@H]1C(=O)N[C@@H](Cc1ccc3ccccc3c1)C(=O)N[C@H](C(=O)O)Cc1ccc(cc1)C(=O)N[C@H]1C[C@@H](C(=O)N[C@@H](Cc3ccc4ccccc4c3)C(=O)N[C@H](C(=O)O)Cc3ccc(cc3)OC/C=C/CO2)N(C(=O)[C@@H](NC(=O)[C@H](C)NC)C(C)(C)C)C1. The number of hydrogen-bond acceptors (Lipinski definition) is 16. The molecule has 12 atom stereocenters. The zero-order valence-corrected chi connectivity index (χ0v) is 59.6. The highest BCUT2D eigenvalue weighted by Gasteiger charge is 2.48. The van der Waals surface area contributed by atoms with Gasteiger partial charge in [0.2, 0.25) is 53.2 Å². The summed E-state index contributed by atoms with van der Waals surface area (Å²) in [6.07, 6.45) is 0.634. The molecule has 13 N–H and O–H groups in total. The minimum Gasteiger partial charge on any atom is -0.490 e. The second kappa shape index (κ2) is 35.4. The van der Waals surface area contributed by atoms with Gasteiger partial charge in [-0.1, -0.05) is 136 Å². The van der Waals surface area contributed by atoms with Gasteiger partial charge < -0.3 is 83.1 Å². The van der Waals surface area contributed by atoms with Gasteiger partial charge in [-0.3, -0.25) is 47.9 Å². The number of benzene rings is 6. The lowest BCUT2D eigenvalue weighted by Crippen LogP contribution is -2.61. The molecule has 0 aliphatic carbocycles. The van der Waals surface area contributed by atoms with E-state index in [2.05, 4.69) is 47.9 Å². The highest BCUT2D eigenvalue weighted by molar-refractivity contribution is 6.00. The van der Waals surface area contributed by atoms with Crippen LogP contribution in [0.3, 0.4) is 0 Å². The molecule has 8 bridgehead atoms. The molecular weight excluding hydrogens is 1350 g/mol. The summed E-state index contributed by atoms with van der Waals surface area (Å²) in [4.78, 5) is 172. The number of nitrogens with one attached hydrogen (secondary N) is 9. The maximum absolute atomic E-state index is 15.2. The van der Waals surface area contributed by atoms with Crippen molar-refractivity contribution in [2.24, 2.45) is 11.1 Å². The van der Waals surface area contributed by atoms with E-state index >= 15 is 9.59 Å². The first-order chi connectivity index (χ1) is 50.0. The van der Waals surface area contributed by atoms with Crippen LogP contribution in [0, 0.1) is 5.41 Å². The quantitative estimate of drug-likeness (QED) is 0.0617. The number of carbonyl (C=O) groups excluding carboxylic acids is 10. The molecule has 6 aliphatic rings. The topological polar surface area (TPSA) is 405 Å². The Morgan fingerprint density at radius 2 is 1.04 bits per heavy atom. The second-order valence-electron chi connectivity index (χ2n) is 27.9. The van der Waals surface area contributed by atoms with E-state index in [0.717, 1.165) is 26.4 Å². The fourth-order valence-corrected chi connectivity index (χ4v) is 12.9. The van der Waals surface area contributed by atoms with Gasteiger partial charge in [0.15, 0.2) is 0 Å². The largest absolute Gasteiger partial charge is 0.490 e. The third-order valence-corrected chi connectivity index (χ3v) is 19.1. The molecule has 0 unspecified atom stereocenters. The van der Waals surface area contributed by atoms with Crippen molar-refractivity contribution in [1.82, 2.24) is 57.7 Å². The van der Waals surface area contributed by atoms with Crippen molar-refractivity contribution in [1.29, 1.82) is 0 Å². The average molecular weight is 1440 g/mol.